The van der Waals surface area contributed by atoms with Gasteiger partial charge in [0.15, 0.2) is 0 Å². The second-order valence-corrected chi connectivity index (χ2v) is 5.38. The van der Waals surface area contributed by atoms with Gasteiger partial charge in [-0.15, -0.1) is 0 Å². The highest BCUT2D eigenvalue weighted by molar-refractivity contribution is 5.31. The molecule has 0 aliphatic rings. The van der Waals surface area contributed by atoms with Crippen molar-refractivity contribution < 1.29 is 0 Å². The van der Waals surface area contributed by atoms with E-state index in [0.29, 0.717) is 6.04 Å². The van der Waals surface area contributed by atoms with Crippen LogP contribution in [0.1, 0.15) is 40.8 Å². The van der Waals surface area contributed by atoms with Crippen LogP contribution in [0, 0.1) is 20.8 Å². The van der Waals surface area contributed by atoms with Crippen molar-refractivity contribution in [2.75, 3.05) is 0 Å². The van der Waals surface area contributed by atoms with E-state index in [0.717, 1.165) is 6.54 Å². The van der Waals surface area contributed by atoms with E-state index in [2.05, 4.69) is 75.5 Å². The van der Waals surface area contributed by atoms with Crippen LogP contribution in [0.25, 0.3) is 0 Å². The molecule has 19 heavy (non-hydrogen) atoms. The smallest absolute Gasteiger partial charge is 0.0297 e. The Kier molecular flexibility index (Phi) is 4.39. The van der Waals surface area contributed by atoms with Crippen LogP contribution in [0.2, 0.25) is 0 Å². The minimum absolute atomic E-state index is 0.378. The molecular weight excluding hydrogens is 230 g/mol. The lowest BCUT2D eigenvalue weighted by Gasteiger charge is -2.17. The molecule has 2 aromatic carbocycles. The third-order valence-electron chi connectivity index (χ3n) is 3.84. The van der Waals surface area contributed by atoms with Crippen molar-refractivity contribution in [2.45, 2.75) is 40.3 Å². The van der Waals surface area contributed by atoms with E-state index >= 15 is 0 Å². The Hall–Kier alpha value is -1.60. The summed E-state index contributed by atoms with van der Waals surface area (Å²) in [6, 6.07) is 15.6. The van der Waals surface area contributed by atoms with Crippen molar-refractivity contribution in [2.24, 2.45) is 0 Å². The van der Waals surface area contributed by atoms with E-state index in [1.807, 2.05) is 0 Å². The number of nitrogens with one attached hydrogen (secondary N) is 1. The molecule has 0 aliphatic carbocycles. The van der Waals surface area contributed by atoms with Crippen LogP contribution in [0.15, 0.2) is 42.5 Å². The summed E-state index contributed by atoms with van der Waals surface area (Å²) in [5.41, 5.74) is 6.80. The molecular formula is C18H23N. The molecule has 0 amide bonds. The Balaban J connectivity index is 2.02. The second kappa shape index (κ2) is 6.03. The van der Waals surface area contributed by atoms with Gasteiger partial charge in [-0.25, -0.2) is 0 Å². The van der Waals surface area contributed by atoms with Crippen LogP contribution in [-0.2, 0) is 6.54 Å². The van der Waals surface area contributed by atoms with Crippen LogP contribution < -0.4 is 5.32 Å². The predicted molar refractivity (Wildman–Crippen MR) is 82.3 cm³/mol. The first-order chi connectivity index (χ1) is 9.08. The van der Waals surface area contributed by atoms with E-state index in [-0.39, 0.29) is 0 Å². The first kappa shape index (κ1) is 13.8. The maximum atomic E-state index is 3.60. The maximum Gasteiger partial charge on any atom is 0.0297 e. The zero-order chi connectivity index (χ0) is 13.8. The van der Waals surface area contributed by atoms with Gasteiger partial charge >= 0.3 is 0 Å². The fraction of sp³-hybridized carbons (Fsp3) is 0.333. The molecule has 0 saturated carbocycles. The predicted octanol–water partition coefficient (Wildman–Crippen LogP) is 4.46. The zero-order valence-corrected chi connectivity index (χ0v) is 12.3. The van der Waals surface area contributed by atoms with Gasteiger partial charge in [-0.1, -0.05) is 42.5 Å². The number of hydrogen-bond donors (Lipinski definition) is 1. The normalized spacial score (nSPS) is 12.4. The lowest BCUT2D eigenvalue weighted by molar-refractivity contribution is 0.572. The topological polar surface area (TPSA) is 12.0 Å². The van der Waals surface area contributed by atoms with Crippen LogP contribution in [-0.4, -0.2) is 0 Å². The molecule has 0 spiro atoms. The Morgan fingerprint density at radius 3 is 2.32 bits per heavy atom. The quantitative estimate of drug-likeness (QED) is 0.848. The lowest BCUT2D eigenvalue weighted by Crippen LogP contribution is -2.18. The molecule has 2 aromatic rings. The minimum atomic E-state index is 0.378. The van der Waals surface area contributed by atoms with Crippen LogP contribution >= 0.6 is 0 Å². The van der Waals surface area contributed by atoms with E-state index in [1.165, 1.54) is 27.8 Å². The number of aryl methyl sites for hydroxylation is 3. The highest BCUT2D eigenvalue weighted by Gasteiger charge is 2.07. The van der Waals surface area contributed by atoms with Crippen LogP contribution in [0.3, 0.4) is 0 Å². The summed E-state index contributed by atoms with van der Waals surface area (Å²) in [5.74, 6) is 0. The molecule has 0 bridgehead atoms. The van der Waals surface area contributed by atoms with E-state index in [4.69, 9.17) is 0 Å². The summed E-state index contributed by atoms with van der Waals surface area (Å²) in [6.45, 7) is 9.63. The van der Waals surface area contributed by atoms with Crippen molar-refractivity contribution in [3.05, 3.63) is 70.3 Å². The Labute approximate surface area is 116 Å². The number of hydrogen-bond acceptors (Lipinski definition) is 1. The van der Waals surface area contributed by atoms with Crippen molar-refractivity contribution >= 4 is 0 Å². The summed E-state index contributed by atoms with van der Waals surface area (Å²) < 4.78 is 0. The average Bonchev–Trinajstić information content (AvgIpc) is 2.40. The van der Waals surface area contributed by atoms with Gasteiger partial charge in [0.1, 0.15) is 0 Å². The molecule has 2 rings (SSSR count). The van der Waals surface area contributed by atoms with Gasteiger partial charge in [-0.2, -0.15) is 0 Å². The third kappa shape index (κ3) is 3.45. The van der Waals surface area contributed by atoms with Gasteiger partial charge in [-0.3, -0.25) is 0 Å². The summed E-state index contributed by atoms with van der Waals surface area (Å²) >= 11 is 0. The molecule has 1 nitrogen and oxygen atoms in total. The average molecular weight is 253 g/mol. The molecule has 0 fully saturated rings. The largest absolute Gasteiger partial charge is 0.306 e. The standard InChI is InChI=1S/C18H23N/c1-13-9-10-17(11-15(13)3)12-19-16(4)18-8-6-5-7-14(18)2/h5-11,16,19H,12H2,1-4H3/t16-/m1/s1. The Morgan fingerprint density at radius 1 is 0.895 bits per heavy atom. The summed E-state index contributed by atoms with van der Waals surface area (Å²) in [6.07, 6.45) is 0. The SMILES string of the molecule is Cc1ccc(CN[C@H](C)c2ccccc2C)cc1C. The summed E-state index contributed by atoms with van der Waals surface area (Å²) in [4.78, 5) is 0. The fourth-order valence-electron chi connectivity index (χ4n) is 2.37. The molecule has 100 valence electrons. The molecule has 1 N–H and O–H groups in total. The van der Waals surface area contributed by atoms with Crippen LogP contribution in [0.5, 0.6) is 0 Å². The molecule has 0 aromatic heterocycles. The molecule has 0 saturated heterocycles. The highest BCUT2D eigenvalue weighted by Crippen LogP contribution is 2.17. The first-order valence-corrected chi connectivity index (χ1v) is 6.93. The molecule has 0 heterocycles. The minimum Gasteiger partial charge on any atom is -0.306 e. The first-order valence-electron chi connectivity index (χ1n) is 6.93. The second-order valence-electron chi connectivity index (χ2n) is 5.38. The van der Waals surface area contributed by atoms with E-state index in [1.54, 1.807) is 0 Å². The van der Waals surface area contributed by atoms with Crippen molar-refractivity contribution in [1.82, 2.24) is 5.32 Å². The van der Waals surface area contributed by atoms with Gasteiger partial charge in [-0.05, 0) is 55.5 Å². The van der Waals surface area contributed by atoms with E-state index < -0.39 is 0 Å². The molecule has 1 heteroatoms. The van der Waals surface area contributed by atoms with Crippen molar-refractivity contribution in [3.8, 4) is 0 Å². The van der Waals surface area contributed by atoms with Crippen molar-refractivity contribution in [3.63, 3.8) is 0 Å². The molecule has 0 radical (unpaired) electrons. The number of benzene rings is 2. The van der Waals surface area contributed by atoms with Gasteiger partial charge in [0, 0.05) is 12.6 Å². The monoisotopic (exact) mass is 253 g/mol. The highest BCUT2D eigenvalue weighted by atomic mass is 14.9. The lowest BCUT2D eigenvalue weighted by atomic mass is 10.0. The number of rotatable bonds is 4. The van der Waals surface area contributed by atoms with Gasteiger partial charge in [0.25, 0.3) is 0 Å². The third-order valence-corrected chi connectivity index (χ3v) is 3.84. The molecule has 0 unspecified atom stereocenters. The van der Waals surface area contributed by atoms with Crippen molar-refractivity contribution in [1.29, 1.82) is 0 Å². The zero-order valence-electron chi connectivity index (χ0n) is 12.3. The Morgan fingerprint density at radius 2 is 1.63 bits per heavy atom. The van der Waals surface area contributed by atoms with Gasteiger partial charge in [0.2, 0.25) is 0 Å². The van der Waals surface area contributed by atoms with Gasteiger partial charge < -0.3 is 5.32 Å². The summed E-state index contributed by atoms with van der Waals surface area (Å²) in [7, 11) is 0. The fourth-order valence-corrected chi connectivity index (χ4v) is 2.37. The van der Waals surface area contributed by atoms with E-state index in [9.17, 15) is 0 Å². The molecule has 1 atom stereocenters. The van der Waals surface area contributed by atoms with Gasteiger partial charge in [0.05, 0.1) is 0 Å². The summed E-state index contributed by atoms with van der Waals surface area (Å²) in [5, 5.41) is 3.60. The Bertz CT molecular complexity index is 557. The van der Waals surface area contributed by atoms with Crippen LogP contribution in [0.4, 0.5) is 0 Å². The maximum absolute atomic E-state index is 3.60. The molecule has 0 aliphatic heterocycles.